The van der Waals surface area contributed by atoms with Gasteiger partial charge < -0.3 is 0 Å². The van der Waals surface area contributed by atoms with Gasteiger partial charge in [-0.3, -0.25) is 4.90 Å². The van der Waals surface area contributed by atoms with Gasteiger partial charge in [-0.25, -0.2) is 4.39 Å². The highest BCUT2D eigenvalue weighted by molar-refractivity contribution is 7.86. The Hall–Kier alpha value is -1.02. The van der Waals surface area contributed by atoms with Crippen molar-refractivity contribution in [2.45, 2.75) is 51.1 Å². The van der Waals surface area contributed by atoms with Crippen molar-refractivity contribution >= 4 is 10.2 Å². The average molecular weight is 384 g/mol. The lowest BCUT2D eigenvalue weighted by Crippen LogP contribution is -2.54. The van der Waals surface area contributed by atoms with Gasteiger partial charge in [-0.2, -0.15) is 17.0 Å². The first kappa shape index (κ1) is 19.7. The first-order valence-corrected chi connectivity index (χ1v) is 11.0. The molecule has 0 radical (unpaired) electrons. The molecule has 1 aromatic carbocycles. The van der Waals surface area contributed by atoms with Crippen molar-refractivity contribution < 1.29 is 12.8 Å². The largest absolute Gasteiger partial charge is 0.294 e. The summed E-state index contributed by atoms with van der Waals surface area (Å²) >= 11 is 0. The molecular formula is C19H30FN3O2S. The Kier molecular flexibility index (Phi) is 6.33. The molecule has 0 bridgehead atoms. The predicted molar refractivity (Wildman–Crippen MR) is 102 cm³/mol. The molecule has 1 aromatic rings. The number of halogens is 1. The number of hydrogen-bond acceptors (Lipinski definition) is 3. The molecular weight excluding hydrogens is 353 g/mol. The Morgan fingerprint density at radius 3 is 2.38 bits per heavy atom. The minimum absolute atomic E-state index is 0.0756. The van der Waals surface area contributed by atoms with Crippen molar-refractivity contribution in [3.63, 3.8) is 0 Å². The van der Waals surface area contributed by atoms with Gasteiger partial charge >= 0.3 is 0 Å². The number of rotatable bonds is 5. The molecule has 2 aliphatic rings. The van der Waals surface area contributed by atoms with E-state index in [0.29, 0.717) is 26.2 Å². The Morgan fingerprint density at radius 2 is 1.77 bits per heavy atom. The second-order valence-electron chi connectivity index (χ2n) is 7.48. The van der Waals surface area contributed by atoms with E-state index < -0.39 is 10.2 Å². The summed E-state index contributed by atoms with van der Waals surface area (Å²) in [7, 11) is -1.67. The third-order valence-electron chi connectivity index (χ3n) is 5.93. The Labute approximate surface area is 157 Å². The fraction of sp³-hybridized carbons (Fsp3) is 0.684. The molecule has 1 aliphatic heterocycles. The molecule has 26 heavy (non-hydrogen) atoms. The summed E-state index contributed by atoms with van der Waals surface area (Å²) in [5, 5.41) is 0. The highest BCUT2D eigenvalue weighted by Gasteiger charge is 2.35. The van der Waals surface area contributed by atoms with Crippen molar-refractivity contribution in [2.24, 2.45) is 0 Å². The molecule has 0 amide bonds. The van der Waals surface area contributed by atoms with Crippen LogP contribution < -0.4 is 0 Å². The summed E-state index contributed by atoms with van der Waals surface area (Å²) < 4.78 is 42.6. The van der Waals surface area contributed by atoms with E-state index in [0.717, 1.165) is 31.2 Å². The second kappa shape index (κ2) is 8.33. The molecule has 1 saturated heterocycles. The van der Waals surface area contributed by atoms with E-state index in [9.17, 15) is 12.8 Å². The SMILES string of the molecule is CC(c1cccc(F)c1)N1CCN(S(=O)(=O)N(C)C2CCCCC2)CC1. The predicted octanol–water partition coefficient (Wildman–Crippen LogP) is 3.01. The third kappa shape index (κ3) is 4.27. The van der Waals surface area contributed by atoms with Gasteiger partial charge in [0.15, 0.2) is 0 Å². The first-order valence-electron chi connectivity index (χ1n) is 9.62. The van der Waals surface area contributed by atoms with Crippen LogP contribution in [0.3, 0.4) is 0 Å². The number of hydrogen-bond donors (Lipinski definition) is 0. The molecule has 0 N–H and O–H groups in total. The molecule has 7 heteroatoms. The minimum Gasteiger partial charge on any atom is -0.294 e. The molecule has 1 heterocycles. The minimum atomic E-state index is -3.40. The van der Waals surface area contributed by atoms with Crippen molar-refractivity contribution in [1.82, 2.24) is 13.5 Å². The van der Waals surface area contributed by atoms with Gasteiger partial charge in [0.05, 0.1) is 0 Å². The van der Waals surface area contributed by atoms with Gasteiger partial charge in [0, 0.05) is 45.3 Å². The lowest BCUT2D eigenvalue weighted by Gasteiger charge is -2.40. The first-order chi connectivity index (χ1) is 12.4. The van der Waals surface area contributed by atoms with E-state index in [-0.39, 0.29) is 17.9 Å². The van der Waals surface area contributed by atoms with Crippen molar-refractivity contribution in [3.05, 3.63) is 35.6 Å². The maximum Gasteiger partial charge on any atom is 0.282 e. The van der Waals surface area contributed by atoms with E-state index in [1.54, 1.807) is 27.8 Å². The summed E-state index contributed by atoms with van der Waals surface area (Å²) in [6.45, 7) is 4.34. The zero-order valence-electron chi connectivity index (χ0n) is 15.8. The van der Waals surface area contributed by atoms with E-state index in [1.807, 2.05) is 13.0 Å². The lowest BCUT2D eigenvalue weighted by molar-refractivity contribution is 0.139. The smallest absolute Gasteiger partial charge is 0.282 e. The Bertz CT molecular complexity index is 698. The topological polar surface area (TPSA) is 43.9 Å². The van der Waals surface area contributed by atoms with Gasteiger partial charge in [-0.1, -0.05) is 31.4 Å². The molecule has 5 nitrogen and oxygen atoms in total. The summed E-state index contributed by atoms with van der Waals surface area (Å²) in [6, 6.07) is 6.87. The molecule has 1 saturated carbocycles. The third-order valence-corrected chi connectivity index (χ3v) is 7.97. The molecule has 0 aromatic heterocycles. The van der Waals surface area contributed by atoms with E-state index in [1.165, 1.54) is 12.5 Å². The van der Waals surface area contributed by atoms with E-state index in [2.05, 4.69) is 4.90 Å². The highest BCUT2D eigenvalue weighted by Crippen LogP contribution is 2.27. The van der Waals surface area contributed by atoms with Crippen LogP contribution in [0, 0.1) is 5.82 Å². The maximum atomic E-state index is 13.5. The second-order valence-corrected chi connectivity index (χ2v) is 9.47. The van der Waals surface area contributed by atoms with Crippen LogP contribution in [0.5, 0.6) is 0 Å². The fourth-order valence-electron chi connectivity index (χ4n) is 4.11. The number of nitrogens with zero attached hydrogens (tertiary/aromatic N) is 3. The zero-order chi connectivity index (χ0) is 18.7. The van der Waals surface area contributed by atoms with Crippen LogP contribution in [0.4, 0.5) is 4.39 Å². The van der Waals surface area contributed by atoms with Crippen LogP contribution in [-0.2, 0) is 10.2 Å². The lowest BCUT2D eigenvalue weighted by atomic mass is 9.96. The summed E-state index contributed by atoms with van der Waals surface area (Å²) in [5.41, 5.74) is 0.931. The summed E-state index contributed by atoms with van der Waals surface area (Å²) in [4.78, 5) is 2.22. The standard InChI is InChI=1S/C19H30FN3O2S/c1-16(17-7-6-8-18(20)15-17)22-11-13-23(14-12-22)26(24,25)21(2)19-9-4-3-5-10-19/h6-8,15-16,19H,3-5,9-14H2,1-2H3. The monoisotopic (exact) mass is 383 g/mol. The van der Waals surface area contributed by atoms with Crippen LogP contribution in [0.25, 0.3) is 0 Å². The van der Waals surface area contributed by atoms with Crippen LogP contribution in [0.1, 0.15) is 50.6 Å². The highest BCUT2D eigenvalue weighted by atomic mass is 32.2. The zero-order valence-corrected chi connectivity index (χ0v) is 16.6. The van der Waals surface area contributed by atoms with Gasteiger partial charge in [0.2, 0.25) is 0 Å². The Balaban J connectivity index is 1.60. The number of benzene rings is 1. The molecule has 146 valence electrons. The molecule has 0 spiro atoms. The normalized spacial score (nSPS) is 22.6. The van der Waals surface area contributed by atoms with Crippen LogP contribution in [0.15, 0.2) is 24.3 Å². The van der Waals surface area contributed by atoms with Gasteiger partial charge in [-0.05, 0) is 37.5 Å². The van der Waals surface area contributed by atoms with Crippen LogP contribution >= 0.6 is 0 Å². The van der Waals surface area contributed by atoms with Gasteiger partial charge in [0.1, 0.15) is 5.82 Å². The van der Waals surface area contributed by atoms with Crippen LogP contribution in [-0.4, -0.2) is 61.2 Å². The molecule has 1 atom stereocenters. The van der Waals surface area contributed by atoms with Crippen molar-refractivity contribution in [3.8, 4) is 0 Å². The van der Waals surface area contributed by atoms with Crippen molar-refractivity contribution in [1.29, 1.82) is 0 Å². The summed E-state index contributed by atoms with van der Waals surface area (Å²) in [5.74, 6) is -0.232. The summed E-state index contributed by atoms with van der Waals surface area (Å²) in [6.07, 6.45) is 5.37. The quantitative estimate of drug-likeness (QED) is 0.785. The van der Waals surface area contributed by atoms with E-state index >= 15 is 0 Å². The van der Waals surface area contributed by atoms with E-state index in [4.69, 9.17) is 0 Å². The number of piperazine rings is 1. The van der Waals surface area contributed by atoms with Crippen LogP contribution in [0.2, 0.25) is 0 Å². The molecule has 1 aliphatic carbocycles. The average Bonchev–Trinajstić information content (AvgIpc) is 2.67. The van der Waals surface area contributed by atoms with Gasteiger partial charge in [0.25, 0.3) is 10.2 Å². The molecule has 2 fully saturated rings. The van der Waals surface area contributed by atoms with Crippen molar-refractivity contribution in [2.75, 3.05) is 33.2 Å². The maximum absolute atomic E-state index is 13.5. The molecule has 3 rings (SSSR count). The van der Waals surface area contributed by atoms with Gasteiger partial charge in [-0.15, -0.1) is 0 Å². The Morgan fingerprint density at radius 1 is 1.12 bits per heavy atom. The fourth-order valence-corrected chi connectivity index (χ4v) is 5.69. The molecule has 1 unspecified atom stereocenters.